The maximum absolute atomic E-state index is 12.8. The van der Waals surface area contributed by atoms with Crippen molar-refractivity contribution in [3.63, 3.8) is 0 Å². The summed E-state index contributed by atoms with van der Waals surface area (Å²) in [4.78, 5) is 13.4. The summed E-state index contributed by atoms with van der Waals surface area (Å²) in [7, 11) is -3.79. The van der Waals surface area contributed by atoms with Crippen LogP contribution >= 0.6 is 11.3 Å². The lowest BCUT2D eigenvalue weighted by Gasteiger charge is -2.10. The third-order valence-corrected chi connectivity index (χ3v) is 6.77. The molecule has 32 heavy (non-hydrogen) atoms. The molecule has 0 aliphatic heterocycles. The number of hydrogen-bond donors (Lipinski definition) is 3. The van der Waals surface area contributed by atoms with Crippen LogP contribution in [-0.4, -0.2) is 38.0 Å². The predicted molar refractivity (Wildman–Crippen MR) is 123 cm³/mol. The third kappa shape index (κ3) is 3.92. The number of aromatic amines is 1. The Bertz CT molecular complexity index is 1520. The molecule has 5 aromatic rings. The van der Waals surface area contributed by atoms with Crippen molar-refractivity contribution < 1.29 is 8.42 Å². The molecule has 10 nitrogen and oxygen atoms in total. The summed E-state index contributed by atoms with van der Waals surface area (Å²) >= 11 is 1.21. The fraction of sp³-hybridized carbons (Fsp3) is 0.100. The number of H-pyrrole nitrogens is 1. The van der Waals surface area contributed by atoms with Crippen molar-refractivity contribution in [1.82, 2.24) is 29.5 Å². The number of hydrogen-bond acceptors (Lipinski definition) is 8. The second kappa shape index (κ2) is 7.73. The third-order valence-electron chi connectivity index (χ3n) is 4.61. The van der Waals surface area contributed by atoms with Gasteiger partial charge in [-0.15, -0.1) is 11.3 Å². The van der Waals surface area contributed by atoms with Gasteiger partial charge in [-0.05, 0) is 26.0 Å². The van der Waals surface area contributed by atoms with Gasteiger partial charge >= 0.3 is 0 Å². The van der Waals surface area contributed by atoms with Crippen LogP contribution in [-0.2, 0) is 10.0 Å². The van der Waals surface area contributed by atoms with E-state index in [9.17, 15) is 8.42 Å². The molecule has 1 aromatic carbocycles. The lowest BCUT2D eigenvalue weighted by atomic mass is 10.1. The number of rotatable bonds is 6. The molecule has 0 radical (unpaired) electrons. The van der Waals surface area contributed by atoms with E-state index in [1.165, 1.54) is 17.4 Å². The van der Waals surface area contributed by atoms with Crippen molar-refractivity contribution in [2.24, 2.45) is 0 Å². The van der Waals surface area contributed by atoms with Crippen molar-refractivity contribution in [3.8, 4) is 11.3 Å². The minimum atomic E-state index is -3.79. The summed E-state index contributed by atoms with van der Waals surface area (Å²) in [6.07, 6.45) is 3.41. The van der Waals surface area contributed by atoms with Gasteiger partial charge in [0, 0.05) is 41.2 Å². The van der Waals surface area contributed by atoms with Gasteiger partial charge in [0.2, 0.25) is 5.95 Å². The van der Waals surface area contributed by atoms with E-state index in [0.717, 1.165) is 11.4 Å². The Hall–Kier alpha value is -3.77. The number of sulfonamides is 1. The first-order valence-electron chi connectivity index (χ1n) is 9.56. The number of thiazole rings is 1. The minimum absolute atomic E-state index is 0.115. The van der Waals surface area contributed by atoms with Gasteiger partial charge in [-0.3, -0.25) is 14.2 Å². The molecule has 0 saturated carbocycles. The van der Waals surface area contributed by atoms with Gasteiger partial charge < -0.3 is 5.32 Å². The summed E-state index contributed by atoms with van der Waals surface area (Å²) < 4.78 is 29.9. The number of aromatic nitrogens is 6. The van der Waals surface area contributed by atoms with Crippen LogP contribution in [0.1, 0.15) is 11.4 Å². The van der Waals surface area contributed by atoms with E-state index in [2.05, 4.69) is 30.2 Å². The highest BCUT2D eigenvalue weighted by molar-refractivity contribution is 7.93. The fourth-order valence-corrected chi connectivity index (χ4v) is 5.05. The Morgan fingerprint density at radius 3 is 2.75 bits per heavy atom. The summed E-state index contributed by atoms with van der Waals surface area (Å²) in [5, 5.41) is 12.3. The molecule has 0 fully saturated rings. The summed E-state index contributed by atoms with van der Waals surface area (Å²) in [6.45, 7) is 3.80. The van der Waals surface area contributed by atoms with Crippen LogP contribution in [0.3, 0.4) is 0 Å². The van der Waals surface area contributed by atoms with E-state index in [4.69, 9.17) is 4.98 Å². The fourth-order valence-electron chi connectivity index (χ4n) is 3.21. The van der Waals surface area contributed by atoms with Gasteiger partial charge in [0.25, 0.3) is 10.0 Å². The molecule has 0 amide bonds. The summed E-state index contributed by atoms with van der Waals surface area (Å²) in [5.41, 5.74) is 3.62. The highest BCUT2D eigenvalue weighted by Crippen LogP contribution is 2.27. The van der Waals surface area contributed by atoms with Crippen LogP contribution in [0.15, 0.2) is 59.1 Å². The Morgan fingerprint density at radius 1 is 1.12 bits per heavy atom. The minimum Gasteiger partial charge on any atom is -0.308 e. The van der Waals surface area contributed by atoms with E-state index in [1.54, 1.807) is 29.8 Å². The largest absolute Gasteiger partial charge is 0.308 e. The second-order valence-electron chi connectivity index (χ2n) is 7.11. The number of benzene rings is 1. The number of anilines is 3. The molecular weight excluding hydrogens is 448 g/mol. The Morgan fingerprint density at radius 2 is 2.00 bits per heavy atom. The SMILES string of the molecule is Cc1cn2c(Nc3cc(C)[nH]n3)nc(-c3cccc(S(=O)(=O)Nc4nccs4)c3)cc2n1. The molecule has 162 valence electrons. The molecule has 0 aliphatic rings. The van der Waals surface area contributed by atoms with Crippen molar-refractivity contribution in [1.29, 1.82) is 0 Å². The number of imidazole rings is 1. The average Bonchev–Trinajstić information content (AvgIpc) is 3.49. The van der Waals surface area contributed by atoms with Crippen LogP contribution < -0.4 is 10.0 Å². The molecule has 12 heteroatoms. The molecule has 0 aliphatic carbocycles. The van der Waals surface area contributed by atoms with Gasteiger partial charge in [-0.2, -0.15) is 5.10 Å². The number of fused-ring (bicyclic) bond motifs is 1. The van der Waals surface area contributed by atoms with E-state index < -0.39 is 10.0 Å². The zero-order valence-electron chi connectivity index (χ0n) is 17.1. The van der Waals surface area contributed by atoms with E-state index in [1.807, 2.05) is 36.6 Å². The normalized spacial score (nSPS) is 11.7. The smallest absolute Gasteiger partial charge is 0.263 e. The van der Waals surface area contributed by atoms with E-state index in [-0.39, 0.29) is 4.90 Å². The highest BCUT2D eigenvalue weighted by Gasteiger charge is 2.18. The van der Waals surface area contributed by atoms with Crippen molar-refractivity contribution in [2.45, 2.75) is 18.7 Å². The molecule has 0 bridgehead atoms. The average molecular weight is 467 g/mol. The highest BCUT2D eigenvalue weighted by atomic mass is 32.2. The molecule has 3 N–H and O–H groups in total. The topological polar surface area (TPSA) is 130 Å². The van der Waals surface area contributed by atoms with Crippen LogP contribution in [0.25, 0.3) is 16.9 Å². The molecule has 5 rings (SSSR count). The van der Waals surface area contributed by atoms with Crippen LogP contribution in [0.2, 0.25) is 0 Å². The van der Waals surface area contributed by atoms with Crippen LogP contribution in [0, 0.1) is 13.8 Å². The van der Waals surface area contributed by atoms with Crippen molar-refractivity contribution in [3.05, 3.63) is 65.6 Å². The summed E-state index contributed by atoms with van der Waals surface area (Å²) in [6, 6.07) is 10.3. The number of nitrogens with one attached hydrogen (secondary N) is 3. The second-order valence-corrected chi connectivity index (χ2v) is 9.68. The zero-order chi connectivity index (χ0) is 22.3. The van der Waals surface area contributed by atoms with Gasteiger partial charge in [0.1, 0.15) is 5.65 Å². The van der Waals surface area contributed by atoms with Gasteiger partial charge in [0.15, 0.2) is 10.9 Å². The van der Waals surface area contributed by atoms with Gasteiger partial charge in [0.05, 0.1) is 16.3 Å². The standard InChI is InChI=1S/C20H18N8O2S2/c1-12-8-17(26-25-12)24-19-23-16(10-18-22-13(2)11-28(18)19)14-4-3-5-15(9-14)32(29,30)27-20-21-6-7-31-20/h3-11H,1-2H3,(H,21,27)(H2,23,24,25,26). The number of nitrogens with zero attached hydrogens (tertiary/aromatic N) is 5. The molecule has 0 unspecified atom stereocenters. The van der Waals surface area contributed by atoms with Gasteiger partial charge in [-0.1, -0.05) is 12.1 Å². The van der Waals surface area contributed by atoms with Crippen LogP contribution in [0.5, 0.6) is 0 Å². The molecule has 0 saturated heterocycles. The predicted octanol–water partition coefficient (Wildman–Crippen LogP) is 3.74. The molecular formula is C20H18N8O2S2. The Labute approximate surface area is 187 Å². The first-order valence-corrected chi connectivity index (χ1v) is 11.9. The molecule has 4 heterocycles. The quantitative estimate of drug-likeness (QED) is 0.347. The van der Waals surface area contributed by atoms with Crippen LogP contribution in [0.4, 0.5) is 16.9 Å². The van der Waals surface area contributed by atoms with Crippen molar-refractivity contribution >= 4 is 43.9 Å². The monoisotopic (exact) mass is 466 g/mol. The van der Waals surface area contributed by atoms with Crippen molar-refractivity contribution in [2.75, 3.05) is 10.0 Å². The first kappa shape index (κ1) is 20.2. The molecule has 4 aromatic heterocycles. The maximum Gasteiger partial charge on any atom is 0.263 e. The van der Waals surface area contributed by atoms with E-state index in [0.29, 0.717) is 33.8 Å². The van der Waals surface area contributed by atoms with E-state index >= 15 is 0 Å². The first-order chi connectivity index (χ1) is 15.4. The molecule has 0 atom stereocenters. The van der Waals surface area contributed by atoms with Gasteiger partial charge in [-0.25, -0.2) is 23.4 Å². The Kier molecular flexibility index (Phi) is 4.87. The number of aryl methyl sites for hydroxylation is 2. The lowest BCUT2D eigenvalue weighted by Crippen LogP contribution is -2.12. The lowest BCUT2D eigenvalue weighted by molar-refractivity contribution is 0.601. The zero-order valence-corrected chi connectivity index (χ0v) is 18.7. The maximum atomic E-state index is 12.8. The Balaban J connectivity index is 1.56. The molecule has 0 spiro atoms. The summed E-state index contributed by atoms with van der Waals surface area (Å²) in [5.74, 6) is 1.13.